The lowest BCUT2D eigenvalue weighted by Gasteiger charge is -1.99. The molecule has 0 aliphatic heterocycles. The van der Waals surface area contributed by atoms with Gasteiger partial charge in [-0.3, -0.25) is 0 Å². The van der Waals surface area contributed by atoms with Crippen LogP contribution in [0.25, 0.3) is 0 Å². The first-order chi connectivity index (χ1) is 7.69. The molecule has 0 nitrogen and oxygen atoms in total. The largest absolute Gasteiger partial charge is 0.127 e. The van der Waals surface area contributed by atoms with Crippen LogP contribution in [0.4, 0.5) is 0 Å². The molecule has 16 heavy (non-hydrogen) atoms. The number of hydrogen-bond donors (Lipinski definition) is 0. The topological polar surface area (TPSA) is 0 Å². The Kier molecular flexibility index (Phi) is 4.20. The molecule has 2 aromatic rings. The molecule has 1 aromatic carbocycles. The predicted octanol–water partition coefficient (Wildman–Crippen LogP) is 5.77. The van der Waals surface area contributed by atoms with Gasteiger partial charge in [-0.1, -0.05) is 48.0 Å². The van der Waals surface area contributed by atoms with Crippen molar-refractivity contribution in [3.05, 3.63) is 44.6 Å². The summed E-state index contributed by atoms with van der Waals surface area (Å²) < 4.78 is 0.863. The maximum Gasteiger partial charge on any atom is 0.107 e. The lowest BCUT2D eigenvalue weighted by Crippen LogP contribution is -1.72. The zero-order valence-corrected chi connectivity index (χ0v) is 11.8. The number of rotatable bonds is 3. The first kappa shape index (κ1) is 12.3. The van der Waals surface area contributed by atoms with Gasteiger partial charge in [0.05, 0.1) is 0 Å². The average molecular weight is 289 g/mol. The Morgan fingerprint density at radius 2 is 2.06 bits per heavy atom. The fraction of sp³-hybridized carbons (Fsp3) is 0.167. The standard InChI is InChI=1S/C12H10Cl2S2/c1-2-9-7-11(12(14)16-9)15-10-5-3-4-8(13)6-10/h3-7H,2H2,1H3. The molecule has 2 rings (SSSR count). The molecule has 0 unspecified atom stereocenters. The van der Waals surface area contributed by atoms with E-state index in [0.717, 1.165) is 25.6 Å². The second-order valence-electron chi connectivity index (χ2n) is 3.26. The minimum atomic E-state index is 0.757. The number of hydrogen-bond acceptors (Lipinski definition) is 2. The number of benzene rings is 1. The third kappa shape index (κ3) is 2.95. The number of halogens is 2. The van der Waals surface area contributed by atoms with Crippen LogP contribution in [0, 0.1) is 0 Å². The minimum absolute atomic E-state index is 0.757. The Morgan fingerprint density at radius 1 is 1.25 bits per heavy atom. The van der Waals surface area contributed by atoms with Gasteiger partial charge >= 0.3 is 0 Å². The van der Waals surface area contributed by atoms with Gasteiger partial charge < -0.3 is 0 Å². The molecule has 84 valence electrons. The second-order valence-corrected chi connectivity index (χ2v) is 6.55. The molecule has 0 radical (unpaired) electrons. The fourth-order valence-electron chi connectivity index (χ4n) is 1.30. The van der Waals surface area contributed by atoms with Gasteiger partial charge in [-0.2, -0.15) is 0 Å². The van der Waals surface area contributed by atoms with Gasteiger partial charge in [0.15, 0.2) is 0 Å². The molecular formula is C12H10Cl2S2. The third-order valence-electron chi connectivity index (χ3n) is 2.08. The van der Waals surface area contributed by atoms with Crippen molar-refractivity contribution < 1.29 is 0 Å². The first-order valence-corrected chi connectivity index (χ1v) is 7.29. The quantitative estimate of drug-likeness (QED) is 0.691. The fourth-order valence-corrected chi connectivity index (χ4v) is 3.92. The highest BCUT2D eigenvalue weighted by Gasteiger charge is 2.07. The second kappa shape index (κ2) is 5.46. The molecule has 4 heteroatoms. The van der Waals surface area contributed by atoms with Crippen molar-refractivity contribution in [1.29, 1.82) is 0 Å². The van der Waals surface area contributed by atoms with Crippen LogP contribution < -0.4 is 0 Å². The van der Waals surface area contributed by atoms with Crippen molar-refractivity contribution in [3.63, 3.8) is 0 Å². The third-order valence-corrected chi connectivity index (χ3v) is 5.09. The maximum absolute atomic E-state index is 6.18. The van der Waals surface area contributed by atoms with Crippen LogP contribution in [0.2, 0.25) is 9.36 Å². The van der Waals surface area contributed by atoms with Crippen LogP contribution in [0.5, 0.6) is 0 Å². The van der Waals surface area contributed by atoms with Crippen molar-refractivity contribution in [3.8, 4) is 0 Å². The zero-order chi connectivity index (χ0) is 11.5. The summed E-state index contributed by atoms with van der Waals surface area (Å²) in [7, 11) is 0. The van der Waals surface area contributed by atoms with Crippen LogP contribution in [0.3, 0.4) is 0 Å². The Labute approximate surface area is 114 Å². The van der Waals surface area contributed by atoms with E-state index >= 15 is 0 Å². The molecule has 0 atom stereocenters. The normalized spacial score (nSPS) is 10.7. The molecule has 0 saturated heterocycles. The van der Waals surface area contributed by atoms with Crippen molar-refractivity contribution >= 4 is 46.3 Å². The Hall–Kier alpha value is -0.150. The highest BCUT2D eigenvalue weighted by molar-refractivity contribution is 7.99. The molecule has 1 heterocycles. The van der Waals surface area contributed by atoms with Crippen molar-refractivity contribution in [2.75, 3.05) is 0 Å². The van der Waals surface area contributed by atoms with E-state index in [1.54, 1.807) is 23.1 Å². The van der Waals surface area contributed by atoms with Gasteiger partial charge in [-0.25, -0.2) is 0 Å². The summed E-state index contributed by atoms with van der Waals surface area (Å²) in [6.07, 6.45) is 1.03. The SMILES string of the molecule is CCc1cc(Sc2cccc(Cl)c2)c(Cl)s1. The molecule has 0 saturated carbocycles. The lowest BCUT2D eigenvalue weighted by molar-refractivity contribution is 1.18. The summed E-state index contributed by atoms with van der Waals surface area (Å²) in [5, 5.41) is 0.757. The van der Waals surface area contributed by atoms with Gasteiger partial charge in [0.1, 0.15) is 4.34 Å². The molecule has 0 spiro atoms. The van der Waals surface area contributed by atoms with Crippen molar-refractivity contribution in [2.45, 2.75) is 23.1 Å². The molecule has 0 bridgehead atoms. The smallest absolute Gasteiger partial charge is 0.107 e. The maximum atomic E-state index is 6.18. The minimum Gasteiger partial charge on any atom is -0.127 e. The molecular weight excluding hydrogens is 279 g/mol. The van der Waals surface area contributed by atoms with Gasteiger partial charge in [0, 0.05) is 19.7 Å². The van der Waals surface area contributed by atoms with Gasteiger partial charge in [0.25, 0.3) is 0 Å². The molecule has 0 fully saturated rings. The van der Waals surface area contributed by atoms with E-state index in [2.05, 4.69) is 13.0 Å². The summed E-state index contributed by atoms with van der Waals surface area (Å²) in [4.78, 5) is 3.55. The molecule has 0 aliphatic rings. The zero-order valence-electron chi connectivity index (χ0n) is 8.67. The summed E-state index contributed by atoms with van der Waals surface area (Å²) >= 11 is 15.4. The summed E-state index contributed by atoms with van der Waals surface area (Å²) in [5.41, 5.74) is 0. The van der Waals surface area contributed by atoms with Crippen LogP contribution >= 0.6 is 46.3 Å². The van der Waals surface area contributed by atoms with Gasteiger partial charge in [-0.15, -0.1) is 11.3 Å². The van der Waals surface area contributed by atoms with E-state index in [4.69, 9.17) is 23.2 Å². The van der Waals surface area contributed by atoms with E-state index < -0.39 is 0 Å². The summed E-state index contributed by atoms with van der Waals surface area (Å²) in [6, 6.07) is 9.96. The number of thiophene rings is 1. The molecule has 1 aromatic heterocycles. The van der Waals surface area contributed by atoms with E-state index in [-0.39, 0.29) is 0 Å². The van der Waals surface area contributed by atoms with Crippen molar-refractivity contribution in [2.24, 2.45) is 0 Å². The Bertz CT molecular complexity index is 492. The highest BCUT2D eigenvalue weighted by Crippen LogP contribution is 2.39. The van der Waals surface area contributed by atoms with E-state index in [1.165, 1.54) is 4.88 Å². The number of aryl methyl sites for hydroxylation is 1. The van der Waals surface area contributed by atoms with E-state index in [1.807, 2.05) is 24.3 Å². The van der Waals surface area contributed by atoms with Crippen LogP contribution in [0.1, 0.15) is 11.8 Å². The van der Waals surface area contributed by atoms with E-state index in [9.17, 15) is 0 Å². The van der Waals surface area contributed by atoms with E-state index in [0.29, 0.717) is 0 Å². The molecule has 0 amide bonds. The Morgan fingerprint density at radius 3 is 2.69 bits per heavy atom. The highest BCUT2D eigenvalue weighted by atomic mass is 35.5. The summed E-state index contributed by atoms with van der Waals surface area (Å²) in [6.45, 7) is 2.13. The van der Waals surface area contributed by atoms with Crippen LogP contribution in [-0.4, -0.2) is 0 Å². The van der Waals surface area contributed by atoms with Gasteiger partial charge in [0.2, 0.25) is 0 Å². The molecule has 0 aliphatic carbocycles. The van der Waals surface area contributed by atoms with Crippen LogP contribution in [0.15, 0.2) is 40.1 Å². The van der Waals surface area contributed by atoms with Gasteiger partial charge in [-0.05, 0) is 30.7 Å². The Balaban J connectivity index is 2.23. The predicted molar refractivity (Wildman–Crippen MR) is 74.3 cm³/mol. The van der Waals surface area contributed by atoms with Crippen molar-refractivity contribution in [1.82, 2.24) is 0 Å². The molecule has 0 N–H and O–H groups in total. The average Bonchev–Trinajstić information content (AvgIpc) is 2.60. The lowest BCUT2D eigenvalue weighted by atomic mass is 10.4. The van der Waals surface area contributed by atoms with Crippen LogP contribution in [-0.2, 0) is 6.42 Å². The monoisotopic (exact) mass is 288 g/mol. The first-order valence-electron chi connectivity index (χ1n) is 4.90. The summed E-state index contributed by atoms with van der Waals surface area (Å²) in [5.74, 6) is 0.